The fourth-order valence-corrected chi connectivity index (χ4v) is 4.26. The number of hydrogen-bond donors (Lipinski definition) is 0. The summed E-state index contributed by atoms with van der Waals surface area (Å²) in [6.45, 7) is 11.5. The van der Waals surface area contributed by atoms with E-state index in [2.05, 4.69) is 98.4 Å². The average molecular weight is 428 g/mol. The summed E-state index contributed by atoms with van der Waals surface area (Å²) in [5, 5.41) is 0. The molecule has 0 aliphatic rings. The zero-order valence-corrected chi connectivity index (χ0v) is 19.9. The second-order valence-corrected chi connectivity index (χ2v) is 8.62. The van der Waals surface area contributed by atoms with Crippen molar-refractivity contribution in [2.24, 2.45) is 0 Å². The Morgan fingerprint density at radius 2 is 1.28 bits per heavy atom. The highest BCUT2D eigenvalue weighted by molar-refractivity contribution is 5.44. The van der Waals surface area contributed by atoms with Gasteiger partial charge in [-0.1, -0.05) is 25.5 Å². The molecular formula is C28H33N3O. The molecule has 3 aromatic heterocycles. The van der Waals surface area contributed by atoms with Crippen LogP contribution in [0, 0.1) is 27.7 Å². The summed E-state index contributed by atoms with van der Waals surface area (Å²) in [6, 6.07) is 21.5. The zero-order valence-electron chi connectivity index (χ0n) is 19.9. The predicted molar refractivity (Wildman–Crippen MR) is 131 cm³/mol. The average Bonchev–Trinajstić information content (AvgIpc) is 3.28. The van der Waals surface area contributed by atoms with Crippen molar-refractivity contribution in [3.05, 3.63) is 94.6 Å². The van der Waals surface area contributed by atoms with Gasteiger partial charge in [-0.25, -0.2) is 4.98 Å². The lowest BCUT2D eigenvalue weighted by Gasteiger charge is -2.16. The topological polar surface area (TPSA) is 32.0 Å². The van der Waals surface area contributed by atoms with Crippen molar-refractivity contribution in [1.29, 1.82) is 0 Å². The predicted octanol–water partition coefficient (Wildman–Crippen LogP) is 6.67. The van der Waals surface area contributed by atoms with E-state index in [9.17, 15) is 0 Å². The van der Waals surface area contributed by atoms with Gasteiger partial charge in [0.1, 0.15) is 17.4 Å². The number of rotatable bonds is 8. The fraction of sp³-hybridized carbons (Fsp3) is 0.321. The highest BCUT2D eigenvalue weighted by Gasteiger charge is 2.13. The molecule has 0 amide bonds. The minimum Gasteiger partial charge on any atom is -0.494 e. The lowest BCUT2D eigenvalue weighted by atomic mass is 10.1. The Morgan fingerprint density at radius 3 is 1.81 bits per heavy atom. The number of ether oxygens (including phenoxy) is 1. The van der Waals surface area contributed by atoms with E-state index in [0.29, 0.717) is 0 Å². The molecule has 0 bridgehead atoms. The zero-order chi connectivity index (χ0) is 22.7. The smallest absolute Gasteiger partial charge is 0.139 e. The summed E-state index contributed by atoms with van der Waals surface area (Å²) in [4.78, 5) is 5.07. The van der Waals surface area contributed by atoms with E-state index in [1.807, 2.05) is 6.07 Å². The van der Waals surface area contributed by atoms with Gasteiger partial charge in [-0.15, -0.1) is 0 Å². The van der Waals surface area contributed by atoms with Gasteiger partial charge in [0.2, 0.25) is 0 Å². The van der Waals surface area contributed by atoms with Crippen molar-refractivity contribution >= 4 is 0 Å². The first kappa shape index (κ1) is 21.9. The molecule has 0 aliphatic heterocycles. The third kappa shape index (κ3) is 4.64. The quantitative estimate of drug-likeness (QED) is 0.294. The highest BCUT2D eigenvalue weighted by atomic mass is 16.5. The summed E-state index contributed by atoms with van der Waals surface area (Å²) in [5.74, 6) is 2.86. The Bertz CT molecular complexity index is 1110. The van der Waals surface area contributed by atoms with Crippen LogP contribution in [-0.4, -0.2) is 20.7 Å². The van der Waals surface area contributed by atoms with Crippen molar-refractivity contribution in [2.75, 3.05) is 6.61 Å². The maximum atomic E-state index is 5.93. The molecule has 4 nitrogen and oxygen atoms in total. The van der Waals surface area contributed by atoms with Crippen molar-refractivity contribution in [3.8, 4) is 17.4 Å². The lowest BCUT2D eigenvalue weighted by molar-refractivity contribution is 0.309. The molecule has 0 spiro atoms. The van der Waals surface area contributed by atoms with E-state index >= 15 is 0 Å². The molecule has 166 valence electrons. The van der Waals surface area contributed by atoms with Gasteiger partial charge in [0.05, 0.1) is 6.61 Å². The third-order valence-corrected chi connectivity index (χ3v) is 5.93. The molecular weight excluding hydrogens is 394 g/mol. The minimum atomic E-state index is 0.766. The van der Waals surface area contributed by atoms with E-state index in [1.54, 1.807) is 0 Å². The summed E-state index contributed by atoms with van der Waals surface area (Å²) in [5.41, 5.74) is 7.21. The Kier molecular flexibility index (Phi) is 6.50. The van der Waals surface area contributed by atoms with Crippen LogP contribution in [0.5, 0.6) is 5.75 Å². The molecule has 0 radical (unpaired) electrons. The normalized spacial score (nSPS) is 11.2. The summed E-state index contributed by atoms with van der Waals surface area (Å²) >= 11 is 0. The van der Waals surface area contributed by atoms with Gasteiger partial charge in [0, 0.05) is 22.8 Å². The van der Waals surface area contributed by atoms with Gasteiger partial charge in [-0.2, -0.15) is 0 Å². The second-order valence-electron chi connectivity index (χ2n) is 8.62. The van der Waals surface area contributed by atoms with E-state index in [-0.39, 0.29) is 0 Å². The molecule has 32 heavy (non-hydrogen) atoms. The molecule has 1 aromatic carbocycles. The molecule has 0 saturated carbocycles. The monoisotopic (exact) mass is 427 g/mol. The molecule has 4 rings (SSSR count). The standard InChI is InChI=1S/C28H33N3O/c1-6-7-15-32-26-10-8-9-24(17-26)16-25-18-27(30-20(2)11-12-21(30)3)29-28(19-25)31-22(4)13-14-23(31)5/h8-14,17-19H,6-7,15-16H2,1-5H3. The first-order chi connectivity index (χ1) is 15.5. The van der Waals surface area contributed by atoms with Gasteiger partial charge in [0.25, 0.3) is 0 Å². The highest BCUT2D eigenvalue weighted by Crippen LogP contribution is 2.24. The van der Waals surface area contributed by atoms with Crippen LogP contribution >= 0.6 is 0 Å². The third-order valence-electron chi connectivity index (χ3n) is 5.93. The Morgan fingerprint density at radius 1 is 0.719 bits per heavy atom. The SMILES string of the molecule is CCCCOc1cccc(Cc2cc(-n3c(C)ccc3C)nc(-n3c(C)ccc3C)c2)c1. The first-order valence-corrected chi connectivity index (χ1v) is 11.5. The molecule has 3 heterocycles. The van der Waals surface area contributed by atoms with Gasteiger partial charge in [-0.3, -0.25) is 0 Å². The number of benzene rings is 1. The van der Waals surface area contributed by atoms with Gasteiger partial charge >= 0.3 is 0 Å². The van der Waals surface area contributed by atoms with Crippen molar-refractivity contribution < 1.29 is 4.74 Å². The number of unbranched alkanes of at least 4 members (excludes halogenated alkanes) is 1. The largest absolute Gasteiger partial charge is 0.494 e. The van der Waals surface area contributed by atoms with Crippen LogP contribution in [0.2, 0.25) is 0 Å². The summed E-state index contributed by atoms with van der Waals surface area (Å²) in [6.07, 6.45) is 3.04. The first-order valence-electron chi connectivity index (χ1n) is 11.5. The molecule has 0 atom stereocenters. The number of pyridine rings is 1. The van der Waals surface area contributed by atoms with Gasteiger partial charge in [-0.05, 0) is 100 Å². The van der Waals surface area contributed by atoms with Crippen molar-refractivity contribution in [1.82, 2.24) is 14.1 Å². The number of aromatic nitrogens is 3. The van der Waals surface area contributed by atoms with Gasteiger partial charge < -0.3 is 13.9 Å². The fourth-order valence-electron chi connectivity index (χ4n) is 4.26. The van der Waals surface area contributed by atoms with E-state index in [1.165, 1.54) is 33.9 Å². The van der Waals surface area contributed by atoms with Crippen LogP contribution in [0.1, 0.15) is 53.7 Å². The maximum Gasteiger partial charge on any atom is 0.139 e. The Labute approximate surface area is 191 Å². The van der Waals surface area contributed by atoms with Crippen LogP contribution < -0.4 is 4.74 Å². The summed E-state index contributed by atoms with van der Waals surface area (Å²) in [7, 11) is 0. The molecule has 4 heteroatoms. The molecule has 4 aromatic rings. The van der Waals surface area contributed by atoms with Crippen molar-refractivity contribution in [2.45, 2.75) is 53.9 Å². The Balaban J connectivity index is 1.74. The van der Waals surface area contributed by atoms with Crippen LogP contribution in [0.15, 0.2) is 60.7 Å². The number of hydrogen-bond acceptors (Lipinski definition) is 2. The summed E-state index contributed by atoms with van der Waals surface area (Å²) < 4.78 is 10.4. The van der Waals surface area contributed by atoms with Crippen LogP contribution in [0.25, 0.3) is 11.6 Å². The van der Waals surface area contributed by atoms with Crippen LogP contribution in [-0.2, 0) is 6.42 Å². The number of aryl methyl sites for hydroxylation is 4. The van der Waals surface area contributed by atoms with E-state index in [0.717, 1.165) is 43.3 Å². The van der Waals surface area contributed by atoms with Crippen LogP contribution in [0.4, 0.5) is 0 Å². The maximum absolute atomic E-state index is 5.93. The lowest BCUT2D eigenvalue weighted by Crippen LogP contribution is -2.09. The number of nitrogens with zero attached hydrogens (tertiary/aromatic N) is 3. The molecule has 0 unspecified atom stereocenters. The van der Waals surface area contributed by atoms with Gasteiger partial charge in [0.15, 0.2) is 0 Å². The molecule has 0 N–H and O–H groups in total. The molecule has 0 aliphatic carbocycles. The molecule has 0 saturated heterocycles. The van der Waals surface area contributed by atoms with Crippen molar-refractivity contribution in [3.63, 3.8) is 0 Å². The molecule has 0 fully saturated rings. The second kappa shape index (κ2) is 9.47. The van der Waals surface area contributed by atoms with Crippen LogP contribution in [0.3, 0.4) is 0 Å². The van der Waals surface area contributed by atoms with E-state index < -0.39 is 0 Å². The Hall–Kier alpha value is -3.27. The van der Waals surface area contributed by atoms with E-state index in [4.69, 9.17) is 9.72 Å². The minimum absolute atomic E-state index is 0.766.